The van der Waals surface area contributed by atoms with Gasteiger partial charge in [0.2, 0.25) is 0 Å². The Hall–Kier alpha value is -0.770. The zero-order valence-electron chi connectivity index (χ0n) is 15.3. The van der Waals surface area contributed by atoms with Crippen molar-refractivity contribution in [2.75, 3.05) is 0 Å². The van der Waals surface area contributed by atoms with Crippen LogP contribution in [-0.4, -0.2) is 0 Å². The minimum absolute atomic E-state index is 0.685. The second-order valence-electron chi connectivity index (χ2n) is 8.23. The first-order valence-corrected chi connectivity index (χ1v) is 10.4. The first kappa shape index (κ1) is 18.6. The molecule has 0 aromatic heterocycles. The summed E-state index contributed by atoms with van der Waals surface area (Å²) >= 11 is 0. The molecule has 23 heavy (non-hydrogen) atoms. The van der Waals surface area contributed by atoms with Gasteiger partial charge in [0.15, 0.2) is 0 Å². The Labute approximate surface area is 144 Å². The lowest BCUT2D eigenvalue weighted by molar-refractivity contribution is 0.219. The van der Waals surface area contributed by atoms with E-state index in [4.69, 9.17) is 5.26 Å². The minimum Gasteiger partial charge on any atom is -0.193 e. The predicted octanol–water partition coefficient (Wildman–Crippen LogP) is 7.04. The van der Waals surface area contributed by atoms with E-state index in [1.165, 1.54) is 89.9 Å². The molecule has 2 saturated carbocycles. The summed E-state index contributed by atoms with van der Waals surface area (Å²) in [5.41, 5.74) is 0. The van der Waals surface area contributed by atoms with Gasteiger partial charge in [0.25, 0.3) is 0 Å². The van der Waals surface area contributed by atoms with E-state index in [0.717, 1.165) is 17.8 Å². The Morgan fingerprint density at radius 1 is 0.783 bits per heavy atom. The van der Waals surface area contributed by atoms with Crippen LogP contribution in [0.3, 0.4) is 0 Å². The summed E-state index contributed by atoms with van der Waals surface area (Å²) < 4.78 is 0. The van der Waals surface area contributed by atoms with Crippen molar-refractivity contribution in [1.29, 1.82) is 5.26 Å². The van der Waals surface area contributed by atoms with Gasteiger partial charge in [-0.3, -0.25) is 0 Å². The Morgan fingerprint density at radius 3 is 1.83 bits per heavy atom. The first-order chi connectivity index (χ1) is 11.3. The topological polar surface area (TPSA) is 23.8 Å². The molecule has 2 rings (SSSR count). The number of nitriles is 1. The fraction of sp³-hybridized carbons (Fsp3) is 0.864. The van der Waals surface area contributed by atoms with Crippen LogP contribution in [0.25, 0.3) is 0 Å². The zero-order valence-corrected chi connectivity index (χ0v) is 15.3. The third-order valence-corrected chi connectivity index (χ3v) is 6.50. The quantitative estimate of drug-likeness (QED) is 0.348. The number of unbranched alkanes of at least 4 members (excludes halogenated alkanes) is 2. The number of rotatable bonds is 8. The highest BCUT2D eigenvalue weighted by molar-refractivity contribution is 5.04. The highest BCUT2D eigenvalue weighted by Crippen LogP contribution is 2.37. The molecular weight excluding hydrogens is 278 g/mol. The summed E-state index contributed by atoms with van der Waals surface area (Å²) in [5.74, 6) is 3.75. The summed E-state index contributed by atoms with van der Waals surface area (Å²) in [6.45, 7) is 2.31. The molecule has 0 unspecified atom stereocenters. The van der Waals surface area contributed by atoms with Gasteiger partial charge in [0.1, 0.15) is 0 Å². The van der Waals surface area contributed by atoms with Gasteiger partial charge in [0, 0.05) is 6.08 Å². The molecule has 0 spiro atoms. The smallest absolute Gasteiger partial charge is 0.0908 e. The van der Waals surface area contributed by atoms with Crippen molar-refractivity contribution in [2.45, 2.75) is 96.8 Å². The maximum absolute atomic E-state index is 8.62. The van der Waals surface area contributed by atoms with Crippen LogP contribution in [0.5, 0.6) is 0 Å². The number of nitrogens with zero attached hydrogens (tertiary/aromatic N) is 1. The molecule has 0 amide bonds. The van der Waals surface area contributed by atoms with Gasteiger partial charge in [-0.15, -0.1) is 0 Å². The molecule has 2 fully saturated rings. The molecule has 0 aliphatic heterocycles. The van der Waals surface area contributed by atoms with E-state index in [9.17, 15) is 0 Å². The number of allylic oxidation sites excluding steroid dienone is 2. The molecule has 2 aliphatic rings. The van der Waals surface area contributed by atoms with Gasteiger partial charge < -0.3 is 0 Å². The monoisotopic (exact) mass is 315 g/mol. The standard InChI is InChI=1S/C22H37N/c1-2-3-4-6-19-8-12-21(13-9-19)16-17-22-14-10-20(11-15-22)7-5-18-23/h5,7,19-22H,2-4,6,8-17H2,1H3/t19-,20?,21-,22?. The van der Waals surface area contributed by atoms with Gasteiger partial charge in [-0.2, -0.15) is 5.26 Å². The molecule has 0 atom stereocenters. The van der Waals surface area contributed by atoms with E-state index in [2.05, 4.69) is 19.1 Å². The van der Waals surface area contributed by atoms with Gasteiger partial charge in [-0.1, -0.05) is 77.2 Å². The summed E-state index contributed by atoms with van der Waals surface area (Å²) in [7, 11) is 0. The minimum atomic E-state index is 0.685. The van der Waals surface area contributed by atoms with Crippen molar-refractivity contribution in [2.24, 2.45) is 23.7 Å². The summed E-state index contributed by atoms with van der Waals surface area (Å²) in [4.78, 5) is 0. The molecule has 0 radical (unpaired) electrons. The summed E-state index contributed by atoms with van der Waals surface area (Å²) in [6, 6.07) is 2.13. The van der Waals surface area contributed by atoms with Crippen LogP contribution in [0.1, 0.15) is 96.8 Å². The average Bonchev–Trinajstić information content (AvgIpc) is 2.60. The highest BCUT2D eigenvalue weighted by Gasteiger charge is 2.23. The van der Waals surface area contributed by atoms with Crippen molar-refractivity contribution in [3.05, 3.63) is 12.2 Å². The van der Waals surface area contributed by atoms with Crippen LogP contribution < -0.4 is 0 Å². The van der Waals surface area contributed by atoms with Crippen molar-refractivity contribution in [3.63, 3.8) is 0 Å². The van der Waals surface area contributed by atoms with Crippen LogP contribution in [0.4, 0.5) is 0 Å². The lowest BCUT2D eigenvalue weighted by atomic mass is 9.75. The maximum atomic E-state index is 8.62. The molecule has 0 saturated heterocycles. The summed E-state index contributed by atoms with van der Waals surface area (Å²) in [6.07, 6.45) is 24.0. The van der Waals surface area contributed by atoms with E-state index in [1.54, 1.807) is 6.08 Å². The summed E-state index contributed by atoms with van der Waals surface area (Å²) in [5, 5.41) is 8.62. The first-order valence-electron chi connectivity index (χ1n) is 10.4. The molecule has 0 N–H and O–H groups in total. The van der Waals surface area contributed by atoms with Gasteiger partial charge in [0.05, 0.1) is 6.07 Å². The van der Waals surface area contributed by atoms with E-state index >= 15 is 0 Å². The Balaban J connectivity index is 1.54. The third kappa shape index (κ3) is 7.11. The molecule has 1 nitrogen and oxygen atoms in total. The second kappa shape index (κ2) is 10.9. The molecule has 0 bridgehead atoms. The van der Waals surface area contributed by atoms with Crippen LogP contribution in [0, 0.1) is 35.0 Å². The van der Waals surface area contributed by atoms with Crippen LogP contribution >= 0.6 is 0 Å². The van der Waals surface area contributed by atoms with Gasteiger partial charge in [-0.25, -0.2) is 0 Å². The Morgan fingerprint density at radius 2 is 1.30 bits per heavy atom. The number of hydrogen-bond donors (Lipinski definition) is 0. The third-order valence-electron chi connectivity index (χ3n) is 6.50. The largest absolute Gasteiger partial charge is 0.193 e. The van der Waals surface area contributed by atoms with Crippen LogP contribution in [0.15, 0.2) is 12.2 Å². The van der Waals surface area contributed by atoms with Crippen LogP contribution in [-0.2, 0) is 0 Å². The Bertz CT molecular complexity index is 362. The Kier molecular flexibility index (Phi) is 8.80. The maximum Gasteiger partial charge on any atom is 0.0908 e. The van der Waals surface area contributed by atoms with Crippen molar-refractivity contribution >= 4 is 0 Å². The van der Waals surface area contributed by atoms with E-state index in [1.807, 2.05) is 0 Å². The molecule has 1 heteroatoms. The average molecular weight is 316 g/mol. The van der Waals surface area contributed by atoms with Crippen molar-refractivity contribution in [1.82, 2.24) is 0 Å². The zero-order chi connectivity index (χ0) is 16.3. The molecule has 2 aliphatic carbocycles. The van der Waals surface area contributed by atoms with Crippen molar-refractivity contribution in [3.8, 4) is 6.07 Å². The molecular formula is C22H37N. The lowest BCUT2D eigenvalue weighted by Gasteiger charge is -2.31. The normalized spacial score (nSPS) is 32.0. The predicted molar refractivity (Wildman–Crippen MR) is 99.0 cm³/mol. The molecule has 0 heterocycles. The van der Waals surface area contributed by atoms with Gasteiger partial charge >= 0.3 is 0 Å². The van der Waals surface area contributed by atoms with Gasteiger partial charge in [-0.05, 0) is 49.4 Å². The fourth-order valence-electron chi connectivity index (χ4n) is 4.81. The molecule has 130 valence electrons. The van der Waals surface area contributed by atoms with Crippen molar-refractivity contribution < 1.29 is 0 Å². The van der Waals surface area contributed by atoms with Crippen LogP contribution in [0.2, 0.25) is 0 Å². The number of hydrogen-bond acceptors (Lipinski definition) is 1. The highest BCUT2D eigenvalue weighted by atomic mass is 14.3. The van der Waals surface area contributed by atoms with E-state index in [0.29, 0.717) is 5.92 Å². The lowest BCUT2D eigenvalue weighted by Crippen LogP contribution is -2.17. The second-order valence-corrected chi connectivity index (χ2v) is 8.23. The van der Waals surface area contributed by atoms with E-state index < -0.39 is 0 Å². The molecule has 0 aromatic rings. The fourth-order valence-corrected chi connectivity index (χ4v) is 4.81. The van der Waals surface area contributed by atoms with E-state index in [-0.39, 0.29) is 0 Å². The molecule has 0 aromatic carbocycles. The SMILES string of the molecule is CCCCC[C@H]1CC[C@H](CCC2CCC(C=CC#N)CC2)CC1.